The molecule has 38 heavy (non-hydrogen) atoms. The van der Waals surface area contributed by atoms with Gasteiger partial charge in [-0.15, -0.1) is 0 Å². The molecule has 0 aliphatic carbocycles. The largest absolute Gasteiger partial charge is 0.480 e. The van der Waals surface area contributed by atoms with Crippen LogP contribution in [0.4, 0.5) is 0 Å². The summed E-state index contributed by atoms with van der Waals surface area (Å²) in [7, 11) is 0. The Kier molecular flexibility index (Phi) is 9.42. The number of likely N-dealkylation sites (tertiary alicyclic amines) is 1. The van der Waals surface area contributed by atoms with E-state index in [2.05, 4.69) is 15.6 Å². The van der Waals surface area contributed by atoms with E-state index in [1.54, 1.807) is 6.20 Å². The molecule has 4 amide bonds. The molecular weight excluding hydrogens is 496 g/mol. The number of aromatic amines is 1. The quantitative estimate of drug-likeness (QED) is 0.175. The van der Waals surface area contributed by atoms with Gasteiger partial charge in [0.05, 0.1) is 12.1 Å². The van der Waals surface area contributed by atoms with Gasteiger partial charge in [0.15, 0.2) is 6.04 Å². The van der Waals surface area contributed by atoms with Crippen LogP contribution in [0.5, 0.6) is 0 Å². The fourth-order valence-electron chi connectivity index (χ4n) is 4.61. The van der Waals surface area contributed by atoms with E-state index in [9.17, 15) is 34.2 Å². The molecule has 1 aliphatic rings. The second kappa shape index (κ2) is 12.5. The Bertz CT molecular complexity index is 1200. The van der Waals surface area contributed by atoms with Crippen LogP contribution in [0.2, 0.25) is 0 Å². The average molecular weight is 531 g/mol. The predicted molar refractivity (Wildman–Crippen MR) is 136 cm³/mol. The number of nitrogens with zero attached hydrogens (tertiary/aromatic N) is 1. The zero-order valence-electron chi connectivity index (χ0n) is 21.1. The Balaban J connectivity index is 1.69. The standard InChI is InChI=1S/C25H34N6O7/c1-13(32)21(25(37)38)30-22(34)18(8-9-20(27)33)29-23(35)19-7-4-10-31(19)24(36)16(26)11-14-12-28-17-6-3-2-5-15(14)17/h2-3,5-6,12-13,16,18-19,21,28,32H,4,7-11,26H2,1H3,(H2,27,33)(H,29,35)(H,30,34)(H,37,38). The minimum Gasteiger partial charge on any atom is -0.480 e. The van der Waals surface area contributed by atoms with Gasteiger partial charge in [-0.2, -0.15) is 0 Å². The van der Waals surface area contributed by atoms with Crippen LogP contribution in [-0.4, -0.2) is 86.5 Å². The molecule has 0 radical (unpaired) electrons. The Hall–Kier alpha value is -3.97. The first-order valence-corrected chi connectivity index (χ1v) is 12.4. The van der Waals surface area contributed by atoms with E-state index < -0.39 is 59.9 Å². The summed E-state index contributed by atoms with van der Waals surface area (Å²) in [4.78, 5) is 66.4. The summed E-state index contributed by atoms with van der Waals surface area (Å²) in [5.41, 5.74) is 13.2. The van der Waals surface area contributed by atoms with E-state index in [-0.39, 0.29) is 19.3 Å². The van der Waals surface area contributed by atoms with Crippen LogP contribution in [0.15, 0.2) is 30.5 Å². The van der Waals surface area contributed by atoms with Crippen molar-refractivity contribution < 1.29 is 34.2 Å². The number of nitrogens with one attached hydrogen (secondary N) is 3. The van der Waals surface area contributed by atoms with Crippen molar-refractivity contribution in [2.24, 2.45) is 11.5 Å². The summed E-state index contributed by atoms with van der Waals surface area (Å²) < 4.78 is 0. The molecule has 206 valence electrons. The van der Waals surface area contributed by atoms with Crippen molar-refractivity contribution in [1.82, 2.24) is 20.5 Å². The van der Waals surface area contributed by atoms with Crippen LogP contribution in [0.1, 0.15) is 38.2 Å². The van der Waals surface area contributed by atoms with Crippen molar-refractivity contribution in [3.8, 4) is 0 Å². The molecule has 9 N–H and O–H groups in total. The highest BCUT2D eigenvalue weighted by molar-refractivity contribution is 5.95. The van der Waals surface area contributed by atoms with Gasteiger partial charge in [0.1, 0.15) is 12.1 Å². The molecule has 0 saturated carbocycles. The van der Waals surface area contributed by atoms with Crippen LogP contribution in [0.3, 0.4) is 0 Å². The number of aliphatic hydroxyl groups is 1. The third kappa shape index (κ3) is 6.86. The van der Waals surface area contributed by atoms with Crippen molar-refractivity contribution >= 4 is 40.5 Å². The van der Waals surface area contributed by atoms with Crippen LogP contribution in [0, 0.1) is 0 Å². The van der Waals surface area contributed by atoms with Crippen molar-refractivity contribution in [2.45, 2.75) is 69.3 Å². The molecule has 2 heterocycles. The molecule has 0 spiro atoms. The number of nitrogens with two attached hydrogens (primary N) is 2. The lowest BCUT2D eigenvalue weighted by molar-refractivity contribution is -0.145. The minimum absolute atomic E-state index is 0.195. The number of hydrogen-bond acceptors (Lipinski definition) is 7. The number of aliphatic carboxylic acids is 1. The maximum Gasteiger partial charge on any atom is 0.328 e. The number of para-hydroxylation sites is 1. The van der Waals surface area contributed by atoms with E-state index in [1.807, 2.05) is 24.3 Å². The molecule has 0 bridgehead atoms. The molecule has 13 heteroatoms. The highest BCUT2D eigenvalue weighted by Gasteiger charge is 2.38. The van der Waals surface area contributed by atoms with Gasteiger partial charge in [-0.25, -0.2) is 4.79 Å². The van der Waals surface area contributed by atoms with Crippen molar-refractivity contribution in [3.63, 3.8) is 0 Å². The first-order chi connectivity index (χ1) is 18.0. The number of primary amides is 1. The summed E-state index contributed by atoms with van der Waals surface area (Å²) in [5, 5.41) is 24.6. The van der Waals surface area contributed by atoms with E-state index >= 15 is 0 Å². The molecule has 1 aliphatic heterocycles. The van der Waals surface area contributed by atoms with Crippen LogP contribution < -0.4 is 22.1 Å². The topological polar surface area (TPSA) is 221 Å². The van der Waals surface area contributed by atoms with E-state index in [0.29, 0.717) is 19.4 Å². The molecule has 2 aromatic rings. The number of H-pyrrole nitrogens is 1. The smallest absolute Gasteiger partial charge is 0.328 e. The number of aliphatic hydroxyl groups excluding tert-OH is 1. The van der Waals surface area contributed by atoms with E-state index in [4.69, 9.17) is 11.5 Å². The zero-order chi connectivity index (χ0) is 28.0. The fourth-order valence-corrected chi connectivity index (χ4v) is 4.61. The molecule has 5 unspecified atom stereocenters. The third-order valence-corrected chi connectivity index (χ3v) is 6.63. The van der Waals surface area contributed by atoms with Gasteiger partial charge in [-0.05, 0) is 44.2 Å². The fraction of sp³-hybridized carbons (Fsp3) is 0.480. The van der Waals surface area contributed by atoms with Gasteiger partial charge in [0.25, 0.3) is 0 Å². The number of rotatable bonds is 12. The monoisotopic (exact) mass is 530 g/mol. The Morgan fingerprint density at radius 3 is 2.55 bits per heavy atom. The molecule has 1 saturated heterocycles. The average Bonchev–Trinajstić information content (AvgIpc) is 3.51. The maximum atomic E-state index is 13.2. The van der Waals surface area contributed by atoms with E-state index in [1.165, 1.54) is 11.8 Å². The predicted octanol–water partition coefficient (Wildman–Crippen LogP) is -1.27. The SMILES string of the molecule is CC(O)C(NC(=O)C(CCC(N)=O)NC(=O)C1CCCN1C(=O)C(N)Cc1c[nH]c2ccccc12)C(=O)O. The van der Waals surface area contributed by atoms with Gasteiger partial charge < -0.3 is 42.2 Å². The zero-order valence-corrected chi connectivity index (χ0v) is 21.1. The second-order valence-corrected chi connectivity index (χ2v) is 9.49. The van der Waals surface area contributed by atoms with Gasteiger partial charge in [0, 0.05) is 30.1 Å². The summed E-state index contributed by atoms with van der Waals surface area (Å²) >= 11 is 0. The molecule has 1 aromatic heterocycles. The lowest BCUT2D eigenvalue weighted by Gasteiger charge is -2.29. The van der Waals surface area contributed by atoms with Crippen molar-refractivity contribution in [2.75, 3.05) is 6.54 Å². The highest BCUT2D eigenvalue weighted by Crippen LogP contribution is 2.22. The first-order valence-electron chi connectivity index (χ1n) is 12.4. The third-order valence-electron chi connectivity index (χ3n) is 6.63. The molecular formula is C25H34N6O7. The molecule has 1 aromatic carbocycles. The number of fused-ring (bicyclic) bond motifs is 1. The lowest BCUT2D eigenvalue weighted by atomic mass is 10.0. The molecule has 1 fully saturated rings. The number of amides is 4. The number of carboxylic acids is 1. The van der Waals surface area contributed by atoms with Crippen LogP contribution in [-0.2, 0) is 30.4 Å². The normalized spacial score (nSPS) is 18.4. The lowest BCUT2D eigenvalue weighted by Crippen LogP contribution is -2.58. The Labute approximate surface area is 218 Å². The first kappa shape index (κ1) is 28.6. The second-order valence-electron chi connectivity index (χ2n) is 9.49. The van der Waals surface area contributed by atoms with E-state index in [0.717, 1.165) is 16.5 Å². The van der Waals surface area contributed by atoms with Crippen molar-refractivity contribution in [1.29, 1.82) is 0 Å². The number of benzene rings is 1. The number of carbonyl (C=O) groups excluding carboxylic acids is 4. The molecule has 3 rings (SSSR count). The number of aromatic nitrogens is 1. The Morgan fingerprint density at radius 1 is 1.18 bits per heavy atom. The maximum absolute atomic E-state index is 13.2. The summed E-state index contributed by atoms with van der Waals surface area (Å²) in [5.74, 6) is -4.14. The molecule has 13 nitrogen and oxygen atoms in total. The summed E-state index contributed by atoms with van der Waals surface area (Å²) in [6.07, 6.45) is 1.08. The number of carboxylic acid groups (broad SMARTS) is 1. The molecule has 5 atom stereocenters. The highest BCUT2D eigenvalue weighted by atomic mass is 16.4. The van der Waals surface area contributed by atoms with Crippen LogP contribution >= 0.6 is 0 Å². The van der Waals surface area contributed by atoms with Crippen molar-refractivity contribution in [3.05, 3.63) is 36.0 Å². The number of hydrogen-bond donors (Lipinski definition) is 7. The summed E-state index contributed by atoms with van der Waals surface area (Å²) in [6.45, 7) is 1.50. The van der Waals surface area contributed by atoms with Crippen LogP contribution in [0.25, 0.3) is 10.9 Å². The minimum atomic E-state index is -1.62. The van der Waals surface area contributed by atoms with Gasteiger partial charge >= 0.3 is 5.97 Å². The Morgan fingerprint density at radius 2 is 1.89 bits per heavy atom. The van der Waals surface area contributed by atoms with Gasteiger partial charge in [0.2, 0.25) is 23.6 Å². The summed E-state index contributed by atoms with van der Waals surface area (Å²) in [6, 6.07) is 2.89. The van der Waals surface area contributed by atoms with Gasteiger partial charge in [-0.1, -0.05) is 18.2 Å². The number of carbonyl (C=O) groups is 5. The van der Waals surface area contributed by atoms with Gasteiger partial charge in [-0.3, -0.25) is 19.2 Å².